The maximum atomic E-state index is 9.17. The minimum atomic E-state index is -0.00634. The van der Waals surface area contributed by atoms with E-state index in [4.69, 9.17) is 10.8 Å². The van der Waals surface area contributed by atoms with Gasteiger partial charge >= 0.3 is 0 Å². The van der Waals surface area contributed by atoms with Crippen molar-refractivity contribution in [3.63, 3.8) is 0 Å². The summed E-state index contributed by atoms with van der Waals surface area (Å²) in [6, 6.07) is 0.419. The second kappa shape index (κ2) is 6.14. The smallest absolute Gasteiger partial charge is 0.0558 e. The molecule has 2 atom stereocenters. The Bertz CT molecular complexity index is 335. The quantitative estimate of drug-likeness (QED) is 0.760. The molecular formula is C12H24N4O. The van der Waals surface area contributed by atoms with Crippen molar-refractivity contribution in [3.8, 4) is 0 Å². The Labute approximate surface area is 103 Å². The van der Waals surface area contributed by atoms with Crippen LogP contribution in [-0.2, 0) is 7.05 Å². The van der Waals surface area contributed by atoms with Crippen molar-refractivity contribution in [2.75, 3.05) is 13.2 Å². The van der Waals surface area contributed by atoms with E-state index in [1.165, 1.54) is 0 Å². The van der Waals surface area contributed by atoms with Crippen LogP contribution in [0.1, 0.15) is 32.4 Å². The lowest BCUT2D eigenvalue weighted by Gasteiger charge is -2.36. The zero-order chi connectivity index (χ0) is 13.0. The van der Waals surface area contributed by atoms with Gasteiger partial charge in [0.1, 0.15) is 0 Å². The molecule has 98 valence electrons. The average molecular weight is 240 g/mol. The Morgan fingerprint density at radius 1 is 1.47 bits per heavy atom. The Hall–Kier alpha value is -0.910. The number of hydrogen-bond acceptors (Lipinski definition) is 4. The molecule has 1 aromatic heterocycles. The Kier molecular flexibility index (Phi) is 5.11. The number of hydrogen-bond donors (Lipinski definition) is 2. The molecule has 0 fully saturated rings. The number of nitrogens with two attached hydrogens (primary N) is 1. The van der Waals surface area contributed by atoms with Crippen LogP contribution < -0.4 is 5.73 Å². The number of aromatic nitrogens is 2. The van der Waals surface area contributed by atoms with Crippen molar-refractivity contribution < 1.29 is 5.11 Å². The Morgan fingerprint density at radius 3 is 2.47 bits per heavy atom. The van der Waals surface area contributed by atoms with Crippen molar-refractivity contribution in [3.05, 3.63) is 18.0 Å². The molecular weight excluding hydrogens is 216 g/mol. The highest BCUT2D eigenvalue weighted by Crippen LogP contribution is 2.24. The first kappa shape index (κ1) is 14.2. The molecule has 0 spiro atoms. The molecule has 5 nitrogen and oxygen atoms in total. The van der Waals surface area contributed by atoms with Gasteiger partial charge in [0.15, 0.2) is 0 Å². The van der Waals surface area contributed by atoms with Crippen LogP contribution in [0.2, 0.25) is 0 Å². The molecule has 0 radical (unpaired) electrons. The summed E-state index contributed by atoms with van der Waals surface area (Å²) in [7, 11) is 1.90. The van der Waals surface area contributed by atoms with E-state index in [-0.39, 0.29) is 18.7 Å². The van der Waals surface area contributed by atoms with Gasteiger partial charge in [-0.25, -0.2) is 0 Å². The molecule has 0 aliphatic carbocycles. The van der Waals surface area contributed by atoms with E-state index in [1.54, 1.807) is 4.68 Å². The third-order valence-electron chi connectivity index (χ3n) is 2.94. The highest BCUT2D eigenvalue weighted by Gasteiger charge is 2.26. The van der Waals surface area contributed by atoms with E-state index in [0.717, 1.165) is 5.56 Å². The standard InChI is InChI=1S/C12H24N4O/c1-9(2)16(5-6-17)12(10(3)13)11-7-14-15(4)8-11/h7-10,12,17H,5-6,13H2,1-4H3. The fourth-order valence-corrected chi connectivity index (χ4v) is 2.22. The molecule has 0 bridgehead atoms. The first-order chi connectivity index (χ1) is 7.97. The van der Waals surface area contributed by atoms with Crippen molar-refractivity contribution in [1.29, 1.82) is 0 Å². The van der Waals surface area contributed by atoms with Gasteiger partial charge < -0.3 is 10.8 Å². The summed E-state index contributed by atoms with van der Waals surface area (Å²) in [5.74, 6) is 0. The molecule has 0 amide bonds. The third-order valence-corrected chi connectivity index (χ3v) is 2.94. The van der Waals surface area contributed by atoms with E-state index in [9.17, 15) is 0 Å². The summed E-state index contributed by atoms with van der Waals surface area (Å²) in [5, 5.41) is 13.4. The summed E-state index contributed by atoms with van der Waals surface area (Å²) in [6.45, 7) is 6.98. The summed E-state index contributed by atoms with van der Waals surface area (Å²) < 4.78 is 1.78. The Morgan fingerprint density at radius 2 is 2.12 bits per heavy atom. The SMILES string of the molecule is CC(N)C(c1cnn(C)c1)N(CCO)C(C)C. The minimum Gasteiger partial charge on any atom is -0.395 e. The van der Waals surface area contributed by atoms with Gasteiger partial charge in [0, 0.05) is 37.4 Å². The fourth-order valence-electron chi connectivity index (χ4n) is 2.22. The lowest BCUT2D eigenvalue weighted by Crippen LogP contribution is -2.44. The summed E-state index contributed by atoms with van der Waals surface area (Å²) >= 11 is 0. The van der Waals surface area contributed by atoms with Gasteiger partial charge in [-0.05, 0) is 20.8 Å². The molecule has 3 N–H and O–H groups in total. The molecule has 1 rings (SSSR count). The average Bonchev–Trinajstić information content (AvgIpc) is 2.63. The minimum absolute atomic E-state index is 0.00634. The maximum Gasteiger partial charge on any atom is 0.0558 e. The molecule has 0 saturated heterocycles. The van der Waals surface area contributed by atoms with E-state index in [0.29, 0.717) is 12.6 Å². The second-order valence-corrected chi connectivity index (χ2v) is 4.81. The van der Waals surface area contributed by atoms with Crippen LogP contribution in [0, 0.1) is 0 Å². The first-order valence-corrected chi connectivity index (χ1v) is 6.08. The lowest BCUT2D eigenvalue weighted by atomic mass is 10.0. The first-order valence-electron chi connectivity index (χ1n) is 6.08. The van der Waals surface area contributed by atoms with Gasteiger partial charge in [0.2, 0.25) is 0 Å². The van der Waals surface area contributed by atoms with Crippen LogP contribution in [0.5, 0.6) is 0 Å². The second-order valence-electron chi connectivity index (χ2n) is 4.81. The van der Waals surface area contributed by atoms with Crippen LogP contribution in [0.4, 0.5) is 0 Å². The predicted molar refractivity (Wildman–Crippen MR) is 68.5 cm³/mol. The van der Waals surface area contributed by atoms with Crippen LogP contribution in [-0.4, -0.2) is 45.0 Å². The molecule has 0 aliphatic heterocycles. The Balaban J connectivity index is 2.98. The van der Waals surface area contributed by atoms with Gasteiger partial charge in [0.25, 0.3) is 0 Å². The number of aliphatic hydroxyl groups excluding tert-OH is 1. The van der Waals surface area contributed by atoms with Crippen molar-refractivity contribution >= 4 is 0 Å². The zero-order valence-electron chi connectivity index (χ0n) is 11.2. The predicted octanol–water partition coefficient (Wildman–Crippen LogP) is 0.511. The number of rotatable bonds is 6. The maximum absolute atomic E-state index is 9.17. The van der Waals surface area contributed by atoms with Crippen LogP contribution in [0.3, 0.4) is 0 Å². The molecule has 0 aromatic carbocycles. The van der Waals surface area contributed by atoms with E-state index >= 15 is 0 Å². The van der Waals surface area contributed by atoms with E-state index < -0.39 is 0 Å². The molecule has 5 heteroatoms. The lowest BCUT2D eigenvalue weighted by molar-refractivity contribution is 0.105. The number of aliphatic hydroxyl groups is 1. The number of aryl methyl sites for hydroxylation is 1. The molecule has 1 heterocycles. The van der Waals surface area contributed by atoms with Gasteiger partial charge in [0.05, 0.1) is 18.8 Å². The third kappa shape index (κ3) is 3.52. The van der Waals surface area contributed by atoms with Crippen LogP contribution in [0.15, 0.2) is 12.4 Å². The summed E-state index contributed by atoms with van der Waals surface area (Å²) in [6.07, 6.45) is 3.83. The monoisotopic (exact) mass is 240 g/mol. The molecule has 17 heavy (non-hydrogen) atoms. The zero-order valence-corrected chi connectivity index (χ0v) is 11.2. The molecule has 1 aromatic rings. The largest absolute Gasteiger partial charge is 0.395 e. The topological polar surface area (TPSA) is 67.3 Å². The summed E-state index contributed by atoms with van der Waals surface area (Å²) in [4.78, 5) is 2.21. The van der Waals surface area contributed by atoms with Crippen LogP contribution in [0.25, 0.3) is 0 Å². The van der Waals surface area contributed by atoms with Gasteiger partial charge in [-0.2, -0.15) is 5.10 Å². The van der Waals surface area contributed by atoms with Gasteiger partial charge in [-0.1, -0.05) is 0 Å². The van der Waals surface area contributed by atoms with Gasteiger partial charge in [-0.3, -0.25) is 9.58 Å². The molecule has 0 aliphatic rings. The highest BCUT2D eigenvalue weighted by atomic mass is 16.3. The van der Waals surface area contributed by atoms with Crippen molar-refractivity contribution in [1.82, 2.24) is 14.7 Å². The van der Waals surface area contributed by atoms with E-state index in [1.807, 2.05) is 26.4 Å². The highest BCUT2D eigenvalue weighted by molar-refractivity contribution is 5.13. The van der Waals surface area contributed by atoms with E-state index in [2.05, 4.69) is 23.8 Å². The molecule has 2 unspecified atom stereocenters. The van der Waals surface area contributed by atoms with Crippen molar-refractivity contribution in [2.24, 2.45) is 12.8 Å². The normalized spacial score (nSPS) is 15.5. The van der Waals surface area contributed by atoms with Crippen molar-refractivity contribution in [2.45, 2.75) is 38.9 Å². The van der Waals surface area contributed by atoms with Gasteiger partial charge in [-0.15, -0.1) is 0 Å². The van der Waals surface area contributed by atoms with Crippen LogP contribution >= 0.6 is 0 Å². The molecule has 0 saturated carbocycles. The number of nitrogens with zero attached hydrogens (tertiary/aromatic N) is 3. The summed E-state index contributed by atoms with van der Waals surface area (Å²) in [5.41, 5.74) is 7.19. The fraction of sp³-hybridized carbons (Fsp3) is 0.750.